The lowest BCUT2D eigenvalue weighted by Gasteiger charge is -2.16. The molecule has 3 amide bonds. The third-order valence-corrected chi connectivity index (χ3v) is 4.54. The molecule has 1 atom stereocenters. The lowest BCUT2D eigenvalue weighted by molar-refractivity contribution is -0.128. The maximum atomic E-state index is 12.5. The molecule has 2 aliphatic rings. The summed E-state index contributed by atoms with van der Waals surface area (Å²) in [7, 11) is 0. The minimum Gasteiger partial charge on any atom is -0.342 e. The van der Waals surface area contributed by atoms with Gasteiger partial charge in [-0.3, -0.25) is 14.4 Å². The van der Waals surface area contributed by atoms with Crippen molar-refractivity contribution in [2.24, 2.45) is 11.8 Å². The summed E-state index contributed by atoms with van der Waals surface area (Å²) in [5, 5.41) is 5.38. The topological polar surface area (TPSA) is 78.5 Å². The normalized spacial score (nSPS) is 19.4. The van der Waals surface area contributed by atoms with Crippen LogP contribution in [0.5, 0.6) is 0 Å². The van der Waals surface area contributed by atoms with Gasteiger partial charge in [-0.25, -0.2) is 0 Å². The molecule has 1 unspecified atom stereocenters. The highest BCUT2D eigenvalue weighted by Crippen LogP contribution is 2.32. The van der Waals surface area contributed by atoms with Crippen LogP contribution >= 0.6 is 0 Å². The molecule has 6 nitrogen and oxygen atoms in total. The van der Waals surface area contributed by atoms with E-state index < -0.39 is 0 Å². The number of nitrogens with zero attached hydrogens (tertiary/aromatic N) is 1. The molecule has 0 radical (unpaired) electrons. The molecule has 2 fully saturated rings. The Hall–Kier alpha value is -2.81. The third-order valence-electron chi connectivity index (χ3n) is 4.54. The molecule has 3 rings (SSSR count). The van der Waals surface area contributed by atoms with Gasteiger partial charge < -0.3 is 15.5 Å². The van der Waals surface area contributed by atoms with Crippen molar-refractivity contribution in [2.75, 3.05) is 25.0 Å². The molecule has 1 aliphatic heterocycles. The summed E-state index contributed by atoms with van der Waals surface area (Å²) in [4.78, 5) is 38.5. The van der Waals surface area contributed by atoms with Crippen molar-refractivity contribution in [3.05, 3.63) is 29.8 Å². The van der Waals surface area contributed by atoms with E-state index >= 15 is 0 Å². The zero-order chi connectivity index (χ0) is 17.8. The van der Waals surface area contributed by atoms with Crippen LogP contribution in [0.3, 0.4) is 0 Å². The molecule has 0 bridgehead atoms. The van der Waals surface area contributed by atoms with Crippen LogP contribution < -0.4 is 10.6 Å². The summed E-state index contributed by atoms with van der Waals surface area (Å²) in [5.74, 6) is 2.02. The highest BCUT2D eigenvalue weighted by molar-refractivity contribution is 6.05. The van der Waals surface area contributed by atoms with Gasteiger partial charge in [-0.15, -0.1) is 6.42 Å². The van der Waals surface area contributed by atoms with Gasteiger partial charge in [-0.1, -0.05) is 18.1 Å². The van der Waals surface area contributed by atoms with Crippen molar-refractivity contribution in [1.82, 2.24) is 10.2 Å². The lowest BCUT2D eigenvalue weighted by Crippen LogP contribution is -2.30. The second-order valence-corrected chi connectivity index (χ2v) is 6.56. The molecular weight excluding hydrogens is 318 g/mol. The first-order chi connectivity index (χ1) is 12.1. The van der Waals surface area contributed by atoms with E-state index in [1.54, 1.807) is 29.2 Å². The van der Waals surface area contributed by atoms with Crippen molar-refractivity contribution < 1.29 is 14.4 Å². The Balaban J connectivity index is 1.64. The van der Waals surface area contributed by atoms with Crippen molar-refractivity contribution >= 4 is 23.4 Å². The maximum absolute atomic E-state index is 12.5. The van der Waals surface area contributed by atoms with Crippen molar-refractivity contribution in [3.63, 3.8) is 0 Å². The second kappa shape index (κ2) is 7.39. The molecule has 0 spiro atoms. The van der Waals surface area contributed by atoms with Gasteiger partial charge in [-0.2, -0.15) is 0 Å². The number of rotatable bonds is 6. The van der Waals surface area contributed by atoms with Crippen molar-refractivity contribution in [1.29, 1.82) is 0 Å². The number of carbonyl (C=O) groups is 3. The summed E-state index contributed by atoms with van der Waals surface area (Å²) in [5.41, 5.74) is 0.778. The number of hydrogen-bond acceptors (Lipinski definition) is 3. The van der Waals surface area contributed by atoms with Gasteiger partial charge in [0.15, 0.2) is 0 Å². The number of carbonyl (C=O) groups excluding carboxylic acids is 3. The lowest BCUT2D eigenvalue weighted by atomic mass is 10.1. The summed E-state index contributed by atoms with van der Waals surface area (Å²) in [6.07, 6.45) is 7.71. The van der Waals surface area contributed by atoms with Crippen LogP contribution in [0.4, 0.5) is 5.69 Å². The fraction of sp³-hybridized carbons (Fsp3) is 0.421. The molecule has 1 aromatic rings. The summed E-state index contributed by atoms with van der Waals surface area (Å²) in [6, 6.07) is 6.76. The number of likely N-dealkylation sites (tertiary alicyclic amines) is 1. The van der Waals surface area contributed by atoms with E-state index in [2.05, 4.69) is 16.6 Å². The van der Waals surface area contributed by atoms with E-state index in [1.165, 1.54) is 12.8 Å². The number of nitrogens with one attached hydrogen (secondary N) is 2. The molecule has 1 saturated carbocycles. The molecule has 0 aromatic heterocycles. The minimum atomic E-state index is -0.381. The fourth-order valence-corrected chi connectivity index (χ4v) is 2.99. The highest BCUT2D eigenvalue weighted by atomic mass is 16.2. The smallest absolute Gasteiger partial charge is 0.254 e. The molecule has 130 valence electrons. The van der Waals surface area contributed by atoms with Gasteiger partial charge >= 0.3 is 0 Å². The molecule has 6 heteroatoms. The zero-order valence-electron chi connectivity index (χ0n) is 14.0. The Morgan fingerprint density at radius 1 is 1.28 bits per heavy atom. The predicted octanol–water partition coefficient (Wildman–Crippen LogP) is 1.25. The molecule has 1 aromatic carbocycles. The average Bonchev–Trinajstić information content (AvgIpc) is 3.35. The maximum Gasteiger partial charge on any atom is 0.254 e. The number of benzene rings is 1. The van der Waals surface area contributed by atoms with Gasteiger partial charge in [0.25, 0.3) is 5.91 Å². The monoisotopic (exact) mass is 339 g/mol. The Morgan fingerprint density at radius 3 is 2.76 bits per heavy atom. The average molecular weight is 339 g/mol. The fourth-order valence-electron chi connectivity index (χ4n) is 2.99. The molecule has 2 N–H and O–H groups in total. The first-order valence-electron chi connectivity index (χ1n) is 8.48. The van der Waals surface area contributed by atoms with Crippen LogP contribution in [-0.4, -0.2) is 42.3 Å². The minimum absolute atomic E-state index is 0.0344. The quantitative estimate of drug-likeness (QED) is 0.766. The largest absolute Gasteiger partial charge is 0.342 e. The zero-order valence-corrected chi connectivity index (χ0v) is 14.0. The Labute approximate surface area is 147 Å². The van der Waals surface area contributed by atoms with Crippen LogP contribution in [0.25, 0.3) is 0 Å². The highest BCUT2D eigenvalue weighted by Gasteiger charge is 2.37. The van der Waals surface area contributed by atoms with E-state index in [9.17, 15) is 14.4 Å². The number of para-hydroxylation sites is 1. The van der Waals surface area contributed by atoms with E-state index in [1.807, 2.05) is 0 Å². The molecular formula is C19H21N3O3. The van der Waals surface area contributed by atoms with Gasteiger partial charge in [-0.05, 0) is 30.9 Å². The number of amides is 3. The summed E-state index contributed by atoms with van der Waals surface area (Å²) >= 11 is 0. The predicted molar refractivity (Wildman–Crippen MR) is 93.6 cm³/mol. The van der Waals surface area contributed by atoms with E-state index in [0.717, 1.165) is 6.54 Å². The number of hydrogen-bond donors (Lipinski definition) is 2. The molecule has 25 heavy (non-hydrogen) atoms. The van der Waals surface area contributed by atoms with Crippen LogP contribution in [0.2, 0.25) is 0 Å². The first-order valence-corrected chi connectivity index (χ1v) is 8.48. The van der Waals surface area contributed by atoms with Crippen LogP contribution in [0, 0.1) is 24.2 Å². The first kappa shape index (κ1) is 17.0. The van der Waals surface area contributed by atoms with Gasteiger partial charge in [0, 0.05) is 19.5 Å². The summed E-state index contributed by atoms with van der Waals surface area (Å²) in [6.45, 7) is 1.33. The second-order valence-electron chi connectivity index (χ2n) is 6.56. The van der Waals surface area contributed by atoms with Crippen LogP contribution in [0.1, 0.15) is 29.6 Å². The van der Waals surface area contributed by atoms with Crippen LogP contribution in [0.15, 0.2) is 24.3 Å². The van der Waals surface area contributed by atoms with E-state index in [-0.39, 0.29) is 36.6 Å². The Kier molecular flexibility index (Phi) is 5.03. The molecule has 1 aliphatic carbocycles. The molecule has 1 heterocycles. The van der Waals surface area contributed by atoms with Crippen LogP contribution in [-0.2, 0) is 9.59 Å². The Morgan fingerprint density at radius 2 is 2.04 bits per heavy atom. The number of anilines is 1. The van der Waals surface area contributed by atoms with Crippen molar-refractivity contribution in [2.45, 2.75) is 19.3 Å². The standard InChI is InChI=1S/C19H21N3O3/c1-2-9-20-19(25)15-5-3-4-6-16(15)21-18(24)14-10-17(23)22(12-14)11-13-7-8-13/h1,3-6,13-14H,7-12H2,(H,20,25)(H,21,24). The van der Waals surface area contributed by atoms with Gasteiger partial charge in [0.2, 0.25) is 11.8 Å². The van der Waals surface area contributed by atoms with Crippen molar-refractivity contribution in [3.8, 4) is 12.3 Å². The Bertz CT molecular complexity index is 734. The SMILES string of the molecule is C#CCNC(=O)c1ccccc1NC(=O)C1CC(=O)N(CC2CC2)C1. The van der Waals surface area contributed by atoms with Gasteiger partial charge in [0.05, 0.1) is 23.7 Å². The molecule has 1 saturated heterocycles. The van der Waals surface area contributed by atoms with Gasteiger partial charge in [0.1, 0.15) is 0 Å². The third kappa shape index (κ3) is 4.18. The summed E-state index contributed by atoms with van der Waals surface area (Å²) < 4.78 is 0. The van der Waals surface area contributed by atoms with E-state index in [4.69, 9.17) is 6.42 Å². The van der Waals surface area contributed by atoms with E-state index in [0.29, 0.717) is 23.7 Å². The number of terminal acetylenes is 1.